The summed E-state index contributed by atoms with van der Waals surface area (Å²) in [4.78, 5) is 26.3. The summed E-state index contributed by atoms with van der Waals surface area (Å²) in [5.41, 5.74) is 0.905. The number of rotatable bonds is 10. The van der Waals surface area contributed by atoms with Gasteiger partial charge in [0.05, 0.1) is 16.4 Å². The average Bonchev–Trinajstić information content (AvgIpc) is 3.06. The number of nitrogens with zero attached hydrogens (tertiary/aromatic N) is 2. The van der Waals surface area contributed by atoms with Crippen LogP contribution in [0.15, 0.2) is 29.2 Å². The fraction of sp³-hybridized carbons (Fsp3) is 0.600. The number of ether oxygens (including phenoxy) is 1. The summed E-state index contributed by atoms with van der Waals surface area (Å²) in [6, 6.07) is 5.80. The molecule has 1 atom stereocenters. The van der Waals surface area contributed by atoms with Gasteiger partial charge in [0.15, 0.2) is 16.4 Å². The molecule has 0 spiro atoms. The minimum absolute atomic E-state index is 0.0367. The maximum atomic E-state index is 12.6. The predicted molar refractivity (Wildman–Crippen MR) is 116 cm³/mol. The molecule has 1 saturated heterocycles. The zero-order chi connectivity index (χ0) is 23.2. The molecule has 0 aromatic heterocycles. The Bertz CT molecular complexity index is 989. The fourth-order valence-electron chi connectivity index (χ4n) is 3.29. The zero-order valence-electron chi connectivity index (χ0n) is 18.1. The molecule has 1 heterocycles. The van der Waals surface area contributed by atoms with Gasteiger partial charge >= 0.3 is 5.97 Å². The van der Waals surface area contributed by atoms with Crippen molar-refractivity contribution in [1.29, 1.82) is 0 Å². The molecule has 2 rings (SSSR count). The first-order valence-corrected chi connectivity index (χ1v) is 13.4. The van der Waals surface area contributed by atoms with Crippen molar-refractivity contribution in [1.82, 2.24) is 9.21 Å². The summed E-state index contributed by atoms with van der Waals surface area (Å²) < 4.78 is 54.6. The Morgan fingerprint density at radius 3 is 2.39 bits per heavy atom. The standard InChI is InChI=1S/C20H30N2O7S2/c1-4-5-11-22(17-10-12-30(25,26)15-17)19(23)14-29-20(24)13-21(3)31(27,28)18-8-6-16(2)7-9-18/h6-9,17H,4-5,10-15H2,1-3H3. The molecule has 0 radical (unpaired) electrons. The van der Waals surface area contributed by atoms with Gasteiger partial charge in [-0.25, -0.2) is 16.8 Å². The fourth-order valence-corrected chi connectivity index (χ4v) is 6.13. The van der Waals surface area contributed by atoms with Gasteiger partial charge < -0.3 is 9.64 Å². The normalized spacial score (nSPS) is 18.1. The summed E-state index contributed by atoms with van der Waals surface area (Å²) >= 11 is 0. The lowest BCUT2D eigenvalue weighted by Gasteiger charge is -2.28. The largest absolute Gasteiger partial charge is 0.455 e. The van der Waals surface area contributed by atoms with E-state index in [1.807, 2.05) is 13.8 Å². The van der Waals surface area contributed by atoms with Gasteiger partial charge in [-0.15, -0.1) is 0 Å². The van der Waals surface area contributed by atoms with Crippen LogP contribution < -0.4 is 0 Å². The molecule has 9 nitrogen and oxygen atoms in total. The maximum Gasteiger partial charge on any atom is 0.321 e. The monoisotopic (exact) mass is 474 g/mol. The Kier molecular flexibility index (Phi) is 8.61. The highest BCUT2D eigenvalue weighted by Gasteiger charge is 2.34. The van der Waals surface area contributed by atoms with Crippen LogP contribution in [-0.4, -0.2) is 82.2 Å². The Morgan fingerprint density at radius 2 is 1.84 bits per heavy atom. The average molecular weight is 475 g/mol. The lowest BCUT2D eigenvalue weighted by Crippen LogP contribution is -2.44. The predicted octanol–water partition coefficient (Wildman–Crippen LogP) is 0.975. The van der Waals surface area contributed by atoms with Crippen molar-refractivity contribution in [3.63, 3.8) is 0 Å². The first-order valence-electron chi connectivity index (χ1n) is 10.1. The number of aryl methyl sites for hydroxylation is 1. The van der Waals surface area contributed by atoms with Gasteiger partial charge in [-0.2, -0.15) is 4.31 Å². The smallest absolute Gasteiger partial charge is 0.321 e. The second-order valence-corrected chi connectivity index (χ2v) is 12.0. The van der Waals surface area contributed by atoms with Crippen LogP contribution in [0.2, 0.25) is 0 Å². The number of amides is 1. The molecule has 0 saturated carbocycles. The van der Waals surface area contributed by atoms with Crippen LogP contribution in [0.25, 0.3) is 0 Å². The molecule has 1 aromatic rings. The number of esters is 1. The molecule has 0 aliphatic carbocycles. The van der Waals surface area contributed by atoms with E-state index in [1.165, 1.54) is 24.1 Å². The molecule has 1 aromatic carbocycles. The summed E-state index contributed by atoms with van der Waals surface area (Å²) in [7, 11) is -5.78. The molecule has 31 heavy (non-hydrogen) atoms. The van der Waals surface area contributed by atoms with E-state index in [9.17, 15) is 26.4 Å². The van der Waals surface area contributed by atoms with Crippen molar-refractivity contribution in [3.8, 4) is 0 Å². The zero-order valence-corrected chi connectivity index (χ0v) is 19.7. The number of hydrogen-bond donors (Lipinski definition) is 0. The molecule has 174 valence electrons. The maximum absolute atomic E-state index is 12.6. The van der Waals surface area contributed by atoms with Gasteiger partial charge in [0, 0.05) is 19.6 Å². The third-order valence-electron chi connectivity index (χ3n) is 5.16. The molecule has 0 bridgehead atoms. The summed E-state index contributed by atoms with van der Waals surface area (Å²) in [5.74, 6) is -1.39. The number of carbonyl (C=O) groups excluding carboxylic acids is 2. The second kappa shape index (κ2) is 10.6. The quantitative estimate of drug-likeness (QED) is 0.464. The van der Waals surface area contributed by atoms with Crippen LogP contribution in [0.3, 0.4) is 0 Å². The van der Waals surface area contributed by atoms with E-state index in [0.29, 0.717) is 19.4 Å². The van der Waals surface area contributed by atoms with Crippen LogP contribution in [0.5, 0.6) is 0 Å². The van der Waals surface area contributed by atoms with Gasteiger partial charge in [-0.05, 0) is 31.9 Å². The number of sulfone groups is 1. The molecule has 1 aliphatic rings. The Labute approximate surface area is 184 Å². The lowest BCUT2D eigenvalue weighted by molar-refractivity contribution is -0.152. The van der Waals surface area contributed by atoms with Crippen LogP contribution in [0.1, 0.15) is 31.7 Å². The molecule has 1 unspecified atom stereocenters. The van der Waals surface area contributed by atoms with Gasteiger partial charge in [0.25, 0.3) is 5.91 Å². The molecule has 1 fully saturated rings. The minimum Gasteiger partial charge on any atom is -0.455 e. The Morgan fingerprint density at radius 1 is 1.19 bits per heavy atom. The summed E-state index contributed by atoms with van der Waals surface area (Å²) in [6.45, 7) is 3.07. The lowest BCUT2D eigenvalue weighted by atomic mass is 10.2. The van der Waals surface area contributed by atoms with E-state index in [2.05, 4.69) is 0 Å². The van der Waals surface area contributed by atoms with E-state index < -0.39 is 50.9 Å². The molecule has 11 heteroatoms. The molecular weight excluding hydrogens is 444 g/mol. The third-order valence-corrected chi connectivity index (χ3v) is 8.73. The minimum atomic E-state index is -3.87. The van der Waals surface area contributed by atoms with E-state index >= 15 is 0 Å². The second-order valence-electron chi connectivity index (χ2n) is 7.73. The molecule has 0 N–H and O–H groups in total. The van der Waals surface area contributed by atoms with Crippen molar-refractivity contribution >= 4 is 31.7 Å². The summed E-state index contributed by atoms with van der Waals surface area (Å²) in [5, 5.41) is 0. The van der Waals surface area contributed by atoms with Crippen LogP contribution in [0.4, 0.5) is 0 Å². The van der Waals surface area contributed by atoms with Crippen LogP contribution in [0, 0.1) is 6.92 Å². The van der Waals surface area contributed by atoms with Gasteiger partial charge in [-0.3, -0.25) is 9.59 Å². The van der Waals surface area contributed by atoms with Crippen LogP contribution in [-0.2, 0) is 34.2 Å². The number of carbonyl (C=O) groups is 2. The van der Waals surface area contributed by atoms with Crippen LogP contribution >= 0.6 is 0 Å². The summed E-state index contributed by atoms with van der Waals surface area (Å²) in [6.07, 6.45) is 1.89. The molecular formula is C20H30N2O7S2. The highest BCUT2D eigenvalue weighted by atomic mass is 32.2. The van der Waals surface area contributed by atoms with Crippen molar-refractivity contribution in [2.75, 3.05) is 38.2 Å². The Balaban J connectivity index is 1.94. The van der Waals surface area contributed by atoms with E-state index in [4.69, 9.17) is 4.74 Å². The number of benzene rings is 1. The van der Waals surface area contributed by atoms with Gasteiger partial charge in [-0.1, -0.05) is 31.0 Å². The topological polar surface area (TPSA) is 118 Å². The van der Waals surface area contributed by atoms with Gasteiger partial charge in [0.2, 0.25) is 10.0 Å². The van der Waals surface area contributed by atoms with Gasteiger partial charge in [0.1, 0.15) is 6.54 Å². The SMILES string of the molecule is CCCCN(C(=O)COC(=O)CN(C)S(=O)(=O)c1ccc(C)cc1)C1CCS(=O)(=O)C1. The van der Waals surface area contributed by atoms with Crippen molar-refractivity contribution in [3.05, 3.63) is 29.8 Å². The number of sulfonamides is 1. The van der Waals surface area contributed by atoms with E-state index in [0.717, 1.165) is 16.3 Å². The first kappa shape index (κ1) is 25.3. The van der Waals surface area contributed by atoms with Crippen molar-refractivity contribution in [2.24, 2.45) is 0 Å². The highest BCUT2D eigenvalue weighted by Crippen LogP contribution is 2.19. The molecule has 1 amide bonds. The van der Waals surface area contributed by atoms with E-state index in [-0.39, 0.29) is 16.4 Å². The van der Waals surface area contributed by atoms with Crippen molar-refractivity contribution < 1.29 is 31.2 Å². The number of unbranched alkanes of at least 4 members (excludes halogenated alkanes) is 1. The number of hydrogen-bond acceptors (Lipinski definition) is 7. The Hall–Kier alpha value is -1.98. The van der Waals surface area contributed by atoms with Crippen molar-refractivity contribution in [2.45, 2.75) is 44.0 Å². The third kappa shape index (κ3) is 7.01. The highest BCUT2D eigenvalue weighted by molar-refractivity contribution is 7.91. The first-order chi connectivity index (χ1) is 14.5. The van der Waals surface area contributed by atoms with E-state index in [1.54, 1.807) is 12.1 Å². The number of likely N-dealkylation sites (N-methyl/N-ethyl adjacent to an activating group) is 1. The molecule has 1 aliphatic heterocycles.